The summed E-state index contributed by atoms with van der Waals surface area (Å²) in [6, 6.07) is 0. The van der Waals surface area contributed by atoms with Crippen LogP contribution in [0.4, 0.5) is 0 Å². The molecule has 3 atom stereocenters. The third-order valence-electron chi connectivity index (χ3n) is 2.68. The topological polar surface area (TPSA) is 104 Å². The van der Waals surface area contributed by atoms with E-state index in [-0.39, 0.29) is 24.3 Å². The van der Waals surface area contributed by atoms with Gasteiger partial charge in [-0.1, -0.05) is 44.9 Å². The van der Waals surface area contributed by atoms with Crippen molar-refractivity contribution in [3.05, 3.63) is 0 Å². The molecule has 0 aromatic heterocycles. The lowest BCUT2D eigenvalue weighted by Crippen LogP contribution is -2.27. The molecule has 7 heteroatoms. The molecule has 0 heterocycles. The Labute approximate surface area is 117 Å². The number of hydrogen-bond acceptors (Lipinski definition) is 6. The molecule has 0 rings (SSSR count). The number of carboxylic acids is 1. The number of carboxylic acid groups (broad SMARTS) is 1. The van der Waals surface area contributed by atoms with Crippen molar-refractivity contribution in [2.45, 2.75) is 50.4 Å². The Bertz CT molecular complexity index is 283. The van der Waals surface area contributed by atoms with Gasteiger partial charge in [0.05, 0.1) is 6.61 Å². The molecule has 0 aliphatic carbocycles. The number of carbonyl (C=O) groups excluding carboxylic acids is 1. The minimum absolute atomic E-state index is 0.204. The fourth-order valence-electron chi connectivity index (χ4n) is 1.41. The highest BCUT2D eigenvalue weighted by molar-refractivity contribution is 8.01. The average molecular weight is 294 g/mol. The van der Waals surface area contributed by atoms with Gasteiger partial charge in [0.15, 0.2) is 0 Å². The summed E-state index contributed by atoms with van der Waals surface area (Å²) in [6.45, 7) is 4.27. The number of aliphatic hydroxyl groups is 2. The molecule has 0 bridgehead atoms. The molecule has 0 spiro atoms. The second kappa shape index (κ2) is 10.1. The lowest BCUT2D eigenvalue weighted by atomic mass is 10.0. The van der Waals surface area contributed by atoms with Gasteiger partial charge in [-0.25, -0.2) is 9.59 Å². The van der Waals surface area contributed by atoms with E-state index in [1.54, 1.807) is 0 Å². The number of thioether (sulfide) groups is 1. The summed E-state index contributed by atoms with van der Waals surface area (Å²) >= 11 is 0.230. The van der Waals surface area contributed by atoms with E-state index in [1.807, 2.05) is 6.92 Å². The quantitative estimate of drug-likeness (QED) is 0.411. The van der Waals surface area contributed by atoms with Crippen molar-refractivity contribution in [2.24, 2.45) is 5.92 Å². The zero-order valence-corrected chi connectivity index (χ0v) is 12.1. The van der Waals surface area contributed by atoms with E-state index in [1.165, 1.54) is 0 Å². The number of ether oxygens (including phenoxy) is 1. The molecular formula is C12H22O6S. The first-order valence-electron chi connectivity index (χ1n) is 6.33. The van der Waals surface area contributed by atoms with E-state index in [0.717, 1.165) is 25.7 Å². The fourth-order valence-corrected chi connectivity index (χ4v) is 1.94. The zero-order valence-electron chi connectivity index (χ0n) is 11.2. The average Bonchev–Trinajstić information content (AvgIpc) is 2.38. The third kappa shape index (κ3) is 8.07. The minimum Gasteiger partial charge on any atom is -0.479 e. The van der Waals surface area contributed by atoms with Crippen molar-refractivity contribution >= 4 is 23.7 Å². The summed E-state index contributed by atoms with van der Waals surface area (Å²) in [4.78, 5) is 21.8. The van der Waals surface area contributed by atoms with Gasteiger partial charge in [-0.15, -0.1) is 0 Å². The van der Waals surface area contributed by atoms with E-state index >= 15 is 0 Å². The first kappa shape index (κ1) is 18.2. The van der Waals surface area contributed by atoms with Gasteiger partial charge in [0.1, 0.15) is 0 Å². The van der Waals surface area contributed by atoms with E-state index in [9.17, 15) is 14.7 Å². The molecule has 19 heavy (non-hydrogen) atoms. The van der Waals surface area contributed by atoms with Gasteiger partial charge in [0, 0.05) is 0 Å². The number of aliphatic carboxylic acids is 1. The Morgan fingerprint density at radius 3 is 2.32 bits per heavy atom. The van der Waals surface area contributed by atoms with Crippen LogP contribution in [0.3, 0.4) is 0 Å². The molecule has 0 amide bonds. The summed E-state index contributed by atoms with van der Waals surface area (Å²) in [5.41, 5.74) is -3.53. The van der Waals surface area contributed by atoms with Gasteiger partial charge < -0.3 is 20.1 Å². The summed E-state index contributed by atoms with van der Waals surface area (Å²) in [6.07, 6.45) is 3.92. The molecule has 3 unspecified atom stereocenters. The number of rotatable bonds is 10. The Balaban J connectivity index is 4.04. The van der Waals surface area contributed by atoms with E-state index in [4.69, 9.17) is 14.9 Å². The standard InChI is InChI=1S/C12H22O6S/c1-3-5-6-8(4-2)7-18-10(15)12(17)19-11(16)9(13)14/h8,11-12,16-17H,3-7H2,1-2H3,(H,13,14). The highest BCUT2D eigenvalue weighted by atomic mass is 32.2. The SMILES string of the molecule is CCCCC(CC)COC(=O)C(O)SC(O)C(=O)O. The molecule has 0 radical (unpaired) electrons. The van der Waals surface area contributed by atoms with Crippen LogP contribution in [0.15, 0.2) is 0 Å². The predicted molar refractivity (Wildman–Crippen MR) is 71.5 cm³/mol. The van der Waals surface area contributed by atoms with Crippen LogP contribution in [0.2, 0.25) is 0 Å². The summed E-state index contributed by atoms with van der Waals surface area (Å²) < 4.78 is 4.92. The Morgan fingerprint density at radius 2 is 1.84 bits per heavy atom. The van der Waals surface area contributed by atoms with Crippen molar-refractivity contribution in [2.75, 3.05) is 6.61 Å². The first-order valence-corrected chi connectivity index (χ1v) is 7.27. The van der Waals surface area contributed by atoms with Crippen LogP contribution >= 0.6 is 11.8 Å². The molecule has 0 saturated carbocycles. The lowest BCUT2D eigenvalue weighted by molar-refractivity contribution is -0.150. The predicted octanol–water partition coefficient (Wildman–Crippen LogP) is 1.20. The molecule has 3 N–H and O–H groups in total. The van der Waals surface area contributed by atoms with Gasteiger partial charge >= 0.3 is 11.9 Å². The fraction of sp³-hybridized carbons (Fsp3) is 0.833. The Hall–Kier alpha value is -0.790. The van der Waals surface area contributed by atoms with E-state index in [2.05, 4.69) is 6.92 Å². The molecule has 112 valence electrons. The molecule has 0 aliphatic heterocycles. The highest BCUT2D eigenvalue weighted by Crippen LogP contribution is 2.17. The molecule has 0 fully saturated rings. The summed E-state index contributed by atoms with van der Waals surface area (Å²) in [5, 5.41) is 26.8. The second-order valence-electron chi connectivity index (χ2n) is 4.23. The van der Waals surface area contributed by atoms with Crippen LogP contribution in [-0.2, 0) is 14.3 Å². The minimum atomic E-state index is -1.84. The van der Waals surface area contributed by atoms with Crippen LogP contribution in [0.1, 0.15) is 39.5 Å². The zero-order chi connectivity index (χ0) is 14.8. The number of hydrogen-bond donors (Lipinski definition) is 3. The lowest BCUT2D eigenvalue weighted by Gasteiger charge is -2.16. The van der Waals surface area contributed by atoms with Gasteiger partial charge in [-0.3, -0.25) is 0 Å². The van der Waals surface area contributed by atoms with Crippen LogP contribution in [0, 0.1) is 5.92 Å². The Morgan fingerprint density at radius 1 is 1.21 bits per heavy atom. The van der Waals surface area contributed by atoms with Crippen LogP contribution in [-0.4, -0.2) is 44.7 Å². The van der Waals surface area contributed by atoms with Gasteiger partial charge in [0.25, 0.3) is 0 Å². The highest BCUT2D eigenvalue weighted by Gasteiger charge is 2.25. The van der Waals surface area contributed by atoms with E-state index in [0.29, 0.717) is 0 Å². The Kier molecular flexibility index (Phi) is 9.63. The maximum absolute atomic E-state index is 11.4. The second-order valence-corrected chi connectivity index (χ2v) is 5.39. The maximum Gasteiger partial charge on any atom is 0.345 e. The molecule has 0 aromatic carbocycles. The normalized spacial score (nSPS) is 15.6. The molecule has 0 saturated heterocycles. The molecule has 0 aromatic rings. The van der Waals surface area contributed by atoms with Gasteiger partial charge in [-0.05, 0) is 12.3 Å². The van der Waals surface area contributed by atoms with E-state index < -0.39 is 22.8 Å². The summed E-state index contributed by atoms with van der Waals surface area (Å²) in [5.74, 6) is -2.18. The van der Waals surface area contributed by atoms with Crippen LogP contribution < -0.4 is 0 Å². The van der Waals surface area contributed by atoms with Gasteiger partial charge in [0.2, 0.25) is 10.9 Å². The number of esters is 1. The van der Waals surface area contributed by atoms with Crippen molar-refractivity contribution in [1.82, 2.24) is 0 Å². The third-order valence-corrected chi connectivity index (χ3v) is 3.58. The first-order chi connectivity index (χ1) is 8.92. The van der Waals surface area contributed by atoms with Gasteiger partial charge in [-0.2, -0.15) is 0 Å². The van der Waals surface area contributed by atoms with Crippen LogP contribution in [0.5, 0.6) is 0 Å². The molecule has 0 aliphatic rings. The number of unbranched alkanes of at least 4 members (excludes halogenated alkanes) is 1. The van der Waals surface area contributed by atoms with Crippen molar-refractivity contribution in [3.63, 3.8) is 0 Å². The van der Waals surface area contributed by atoms with Crippen molar-refractivity contribution in [3.8, 4) is 0 Å². The van der Waals surface area contributed by atoms with Crippen molar-refractivity contribution in [1.29, 1.82) is 0 Å². The largest absolute Gasteiger partial charge is 0.479 e. The summed E-state index contributed by atoms with van der Waals surface area (Å²) in [7, 11) is 0. The number of carbonyl (C=O) groups is 2. The maximum atomic E-state index is 11.4. The smallest absolute Gasteiger partial charge is 0.345 e. The molecule has 6 nitrogen and oxygen atoms in total. The van der Waals surface area contributed by atoms with Crippen molar-refractivity contribution < 1.29 is 29.6 Å². The monoisotopic (exact) mass is 294 g/mol. The number of aliphatic hydroxyl groups excluding tert-OH is 2. The molecular weight excluding hydrogens is 272 g/mol. The van der Waals surface area contributed by atoms with Crippen LogP contribution in [0.25, 0.3) is 0 Å².